The molecule has 0 rings (SSSR count). The van der Waals surface area contributed by atoms with Gasteiger partial charge in [-0.15, -0.1) is 0 Å². The maximum absolute atomic E-state index is 11.6. The van der Waals surface area contributed by atoms with Crippen molar-refractivity contribution in [3.8, 4) is 0 Å². The molecule has 1 atom stereocenters. The van der Waals surface area contributed by atoms with Crippen LogP contribution in [0.25, 0.3) is 0 Å². The lowest BCUT2D eigenvalue weighted by molar-refractivity contribution is -0.127. The number of rotatable bonds is 7. The third-order valence-corrected chi connectivity index (χ3v) is 2.41. The molecule has 1 unspecified atom stereocenters. The van der Waals surface area contributed by atoms with Crippen LogP contribution in [-0.2, 0) is 4.79 Å². The van der Waals surface area contributed by atoms with Crippen molar-refractivity contribution in [1.82, 2.24) is 5.32 Å². The van der Waals surface area contributed by atoms with Crippen LogP contribution in [0.2, 0.25) is 0 Å². The number of hydrogen-bond donors (Lipinski definition) is 4. The standard InChI is InChI=1S/C10H22N2O3/c1-8(4-3-5-11)9(15)12-10(2,6-13)7-14/h8,13-14H,3-7,11H2,1-2H3,(H,12,15). The number of carbonyl (C=O) groups excluding carboxylic acids is 1. The highest BCUT2D eigenvalue weighted by Gasteiger charge is 2.26. The summed E-state index contributed by atoms with van der Waals surface area (Å²) in [4.78, 5) is 11.6. The zero-order valence-corrected chi connectivity index (χ0v) is 9.49. The van der Waals surface area contributed by atoms with Gasteiger partial charge in [-0.2, -0.15) is 0 Å². The van der Waals surface area contributed by atoms with Crippen molar-refractivity contribution in [3.63, 3.8) is 0 Å². The van der Waals surface area contributed by atoms with Gasteiger partial charge in [-0.05, 0) is 26.3 Å². The number of carbonyl (C=O) groups is 1. The van der Waals surface area contributed by atoms with Crippen LogP contribution in [0, 0.1) is 5.92 Å². The lowest BCUT2D eigenvalue weighted by Crippen LogP contribution is -2.53. The minimum absolute atomic E-state index is 0.147. The molecule has 5 N–H and O–H groups in total. The number of aliphatic hydroxyl groups excluding tert-OH is 2. The van der Waals surface area contributed by atoms with Crippen molar-refractivity contribution in [3.05, 3.63) is 0 Å². The van der Waals surface area contributed by atoms with Gasteiger partial charge in [0.05, 0.1) is 18.8 Å². The maximum atomic E-state index is 11.6. The molecule has 0 aromatic carbocycles. The highest BCUT2D eigenvalue weighted by molar-refractivity contribution is 5.79. The van der Waals surface area contributed by atoms with Crippen LogP contribution in [0.3, 0.4) is 0 Å². The van der Waals surface area contributed by atoms with Gasteiger partial charge in [-0.3, -0.25) is 4.79 Å². The summed E-state index contributed by atoms with van der Waals surface area (Å²) in [5.41, 5.74) is 4.41. The fraction of sp³-hybridized carbons (Fsp3) is 0.900. The fourth-order valence-electron chi connectivity index (χ4n) is 1.10. The fourth-order valence-corrected chi connectivity index (χ4v) is 1.10. The van der Waals surface area contributed by atoms with Gasteiger partial charge in [-0.25, -0.2) is 0 Å². The van der Waals surface area contributed by atoms with E-state index >= 15 is 0 Å². The van der Waals surface area contributed by atoms with Crippen molar-refractivity contribution in [1.29, 1.82) is 0 Å². The van der Waals surface area contributed by atoms with Crippen molar-refractivity contribution >= 4 is 5.91 Å². The molecule has 0 heterocycles. The number of hydrogen-bond acceptors (Lipinski definition) is 4. The molecule has 0 aliphatic heterocycles. The van der Waals surface area contributed by atoms with Gasteiger partial charge in [0.15, 0.2) is 0 Å². The number of nitrogens with one attached hydrogen (secondary N) is 1. The minimum Gasteiger partial charge on any atom is -0.394 e. The van der Waals surface area contributed by atoms with E-state index in [9.17, 15) is 4.79 Å². The topological polar surface area (TPSA) is 95.6 Å². The van der Waals surface area contributed by atoms with E-state index in [-0.39, 0.29) is 25.0 Å². The molecular weight excluding hydrogens is 196 g/mol. The summed E-state index contributed by atoms with van der Waals surface area (Å²) in [6, 6.07) is 0. The maximum Gasteiger partial charge on any atom is 0.223 e. The zero-order valence-electron chi connectivity index (χ0n) is 9.49. The molecule has 90 valence electrons. The Morgan fingerprint density at radius 2 is 2.00 bits per heavy atom. The molecule has 15 heavy (non-hydrogen) atoms. The highest BCUT2D eigenvalue weighted by Crippen LogP contribution is 2.08. The van der Waals surface area contributed by atoms with Gasteiger partial charge in [0.1, 0.15) is 0 Å². The predicted molar refractivity (Wildman–Crippen MR) is 58.2 cm³/mol. The Labute approximate surface area is 90.7 Å². The van der Waals surface area contributed by atoms with Crippen LogP contribution < -0.4 is 11.1 Å². The Hall–Kier alpha value is -0.650. The Morgan fingerprint density at radius 1 is 1.47 bits per heavy atom. The second-order valence-corrected chi connectivity index (χ2v) is 4.20. The van der Waals surface area contributed by atoms with E-state index in [0.717, 1.165) is 12.8 Å². The molecule has 0 saturated carbocycles. The van der Waals surface area contributed by atoms with Crippen LogP contribution in [-0.4, -0.2) is 41.4 Å². The summed E-state index contributed by atoms with van der Waals surface area (Å²) in [6.07, 6.45) is 1.51. The summed E-state index contributed by atoms with van der Waals surface area (Å²) in [6.45, 7) is 3.41. The first-order valence-electron chi connectivity index (χ1n) is 5.23. The third kappa shape index (κ3) is 5.11. The summed E-state index contributed by atoms with van der Waals surface area (Å²) in [5.74, 6) is -0.306. The van der Waals surface area contributed by atoms with E-state index in [4.69, 9.17) is 15.9 Å². The molecule has 0 aliphatic carbocycles. The first-order valence-corrected chi connectivity index (χ1v) is 5.23. The van der Waals surface area contributed by atoms with Crippen molar-refractivity contribution in [2.45, 2.75) is 32.2 Å². The molecule has 5 nitrogen and oxygen atoms in total. The Kier molecular flexibility index (Phi) is 6.47. The summed E-state index contributed by atoms with van der Waals surface area (Å²) >= 11 is 0. The SMILES string of the molecule is CC(CCCN)C(=O)NC(C)(CO)CO. The molecular formula is C10H22N2O3. The average Bonchev–Trinajstić information content (AvgIpc) is 2.25. The van der Waals surface area contributed by atoms with Crippen LogP contribution >= 0.6 is 0 Å². The molecule has 0 bridgehead atoms. The third-order valence-electron chi connectivity index (χ3n) is 2.41. The van der Waals surface area contributed by atoms with Gasteiger partial charge in [-0.1, -0.05) is 6.92 Å². The van der Waals surface area contributed by atoms with Crippen molar-refractivity contribution < 1.29 is 15.0 Å². The van der Waals surface area contributed by atoms with Gasteiger partial charge >= 0.3 is 0 Å². The first-order chi connectivity index (χ1) is 6.99. The number of aliphatic hydroxyl groups is 2. The largest absolute Gasteiger partial charge is 0.394 e. The normalized spacial score (nSPS) is 13.7. The van der Waals surface area contributed by atoms with E-state index in [0.29, 0.717) is 6.54 Å². The van der Waals surface area contributed by atoms with Crippen LogP contribution in [0.15, 0.2) is 0 Å². The van der Waals surface area contributed by atoms with Crippen molar-refractivity contribution in [2.24, 2.45) is 11.7 Å². The molecule has 0 aromatic heterocycles. The number of nitrogens with two attached hydrogens (primary N) is 1. The molecule has 0 saturated heterocycles. The van der Waals surface area contributed by atoms with Gasteiger partial charge in [0.2, 0.25) is 5.91 Å². The summed E-state index contributed by atoms with van der Waals surface area (Å²) in [5, 5.41) is 20.6. The molecule has 1 amide bonds. The monoisotopic (exact) mass is 218 g/mol. The average molecular weight is 218 g/mol. The molecule has 5 heteroatoms. The van der Waals surface area contributed by atoms with Gasteiger partial charge in [0, 0.05) is 5.92 Å². The summed E-state index contributed by atoms with van der Waals surface area (Å²) < 4.78 is 0. The Balaban J connectivity index is 4.10. The Bertz CT molecular complexity index is 193. The molecule has 0 fully saturated rings. The lowest BCUT2D eigenvalue weighted by Gasteiger charge is -2.27. The highest BCUT2D eigenvalue weighted by atomic mass is 16.3. The van der Waals surface area contributed by atoms with Gasteiger partial charge in [0.25, 0.3) is 0 Å². The molecule has 0 radical (unpaired) electrons. The van der Waals surface area contributed by atoms with E-state index in [1.165, 1.54) is 0 Å². The zero-order chi connectivity index (χ0) is 11.9. The van der Waals surface area contributed by atoms with Crippen LogP contribution in [0.4, 0.5) is 0 Å². The van der Waals surface area contributed by atoms with E-state index in [1.54, 1.807) is 13.8 Å². The summed E-state index contributed by atoms with van der Waals surface area (Å²) in [7, 11) is 0. The number of amides is 1. The quantitative estimate of drug-likeness (QED) is 0.451. The minimum atomic E-state index is -0.936. The molecule has 0 aliphatic rings. The Morgan fingerprint density at radius 3 is 2.40 bits per heavy atom. The van der Waals surface area contributed by atoms with E-state index < -0.39 is 5.54 Å². The van der Waals surface area contributed by atoms with E-state index in [1.807, 2.05) is 0 Å². The second kappa shape index (κ2) is 6.76. The smallest absolute Gasteiger partial charge is 0.223 e. The lowest BCUT2D eigenvalue weighted by atomic mass is 10.0. The van der Waals surface area contributed by atoms with Gasteiger partial charge < -0.3 is 21.3 Å². The first kappa shape index (κ1) is 14.3. The van der Waals surface area contributed by atoms with Crippen LogP contribution in [0.1, 0.15) is 26.7 Å². The van der Waals surface area contributed by atoms with E-state index in [2.05, 4.69) is 5.32 Å². The second-order valence-electron chi connectivity index (χ2n) is 4.20. The van der Waals surface area contributed by atoms with Crippen molar-refractivity contribution in [2.75, 3.05) is 19.8 Å². The predicted octanol–water partition coefficient (Wildman–Crippen LogP) is -0.779. The van der Waals surface area contributed by atoms with Crippen LogP contribution in [0.5, 0.6) is 0 Å². The molecule has 0 spiro atoms. The molecule has 0 aromatic rings.